The molecule has 1 aliphatic rings. The lowest BCUT2D eigenvalue weighted by Crippen LogP contribution is -2.34. The van der Waals surface area contributed by atoms with Crippen LogP contribution >= 0.6 is 0 Å². The molecule has 2 aromatic heterocycles. The van der Waals surface area contributed by atoms with E-state index in [9.17, 15) is 4.79 Å². The molecule has 0 radical (unpaired) electrons. The van der Waals surface area contributed by atoms with Gasteiger partial charge in [0.05, 0.1) is 5.69 Å². The number of amides is 1. The van der Waals surface area contributed by atoms with Gasteiger partial charge in [0.15, 0.2) is 0 Å². The monoisotopic (exact) mass is 330 g/mol. The molecule has 0 bridgehead atoms. The van der Waals surface area contributed by atoms with E-state index >= 15 is 0 Å². The number of nitrogens with one attached hydrogen (secondary N) is 1. The Morgan fingerprint density at radius 2 is 1.92 bits per heavy atom. The summed E-state index contributed by atoms with van der Waals surface area (Å²) in [6, 6.07) is 13.8. The Bertz CT molecular complexity index is 900. The first kappa shape index (κ1) is 15.3. The van der Waals surface area contributed by atoms with E-state index in [2.05, 4.69) is 15.2 Å². The predicted octanol–water partition coefficient (Wildman–Crippen LogP) is 3.07. The van der Waals surface area contributed by atoms with Crippen molar-refractivity contribution in [2.75, 3.05) is 6.54 Å². The molecule has 3 aromatic rings. The van der Waals surface area contributed by atoms with Crippen molar-refractivity contribution in [3.05, 3.63) is 77.8 Å². The largest absolute Gasteiger partial charge is 0.334 e. The van der Waals surface area contributed by atoms with Crippen LogP contribution in [0.2, 0.25) is 0 Å². The number of hydrogen-bond acceptors (Lipinski definition) is 3. The lowest BCUT2D eigenvalue weighted by molar-refractivity contribution is -0.126. The molecule has 4 rings (SSSR count). The van der Waals surface area contributed by atoms with Crippen molar-refractivity contribution in [1.29, 1.82) is 0 Å². The van der Waals surface area contributed by atoms with E-state index in [1.165, 1.54) is 0 Å². The van der Waals surface area contributed by atoms with Crippen molar-refractivity contribution in [3.63, 3.8) is 0 Å². The van der Waals surface area contributed by atoms with Crippen LogP contribution in [0, 0.1) is 0 Å². The summed E-state index contributed by atoms with van der Waals surface area (Å²) in [5.41, 5.74) is 5.21. The average molecular weight is 330 g/mol. The average Bonchev–Trinajstić information content (AvgIpc) is 3.11. The van der Waals surface area contributed by atoms with Gasteiger partial charge in [0.1, 0.15) is 0 Å². The molecule has 1 N–H and O–H groups in total. The summed E-state index contributed by atoms with van der Waals surface area (Å²) < 4.78 is 0. The molecule has 25 heavy (non-hydrogen) atoms. The molecule has 0 unspecified atom stereocenters. The van der Waals surface area contributed by atoms with Crippen LogP contribution in [0.5, 0.6) is 0 Å². The summed E-state index contributed by atoms with van der Waals surface area (Å²) in [6.07, 6.45) is 7.68. The van der Waals surface area contributed by atoms with Crippen LogP contribution in [0.15, 0.2) is 60.9 Å². The Morgan fingerprint density at radius 3 is 2.72 bits per heavy atom. The van der Waals surface area contributed by atoms with Crippen LogP contribution in [0.25, 0.3) is 17.3 Å². The van der Waals surface area contributed by atoms with Gasteiger partial charge >= 0.3 is 0 Å². The number of benzene rings is 1. The van der Waals surface area contributed by atoms with E-state index in [-0.39, 0.29) is 5.91 Å². The van der Waals surface area contributed by atoms with Gasteiger partial charge in [-0.3, -0.25) is 14.9 Å². The quantitative estimate of drug-likeness (QED) is 0.751. The lowest BCUT2D eigenvalue weighted by atomic mass is 10.0. The second kappa shape index (κ2) is 6.73. The number of pyridine rings is 1. The van der Waals surface area contributed by atoms with E-state index in [4.69, 9.17) is 0 Å². The molecule has 1 amide bonds. The zero-order valence-corrected chi connectivity index (χ0v) is 13.7. The van der Waals surface area contributed by atoms with E-state index in [1.54, 1.807) is 18.5 Å². The molecule has 3 heterocycles. The third-order valence-corrected chi connectivity index (χ3v) is 4.42. The van der Waals surface area contributed by atoms with E-state index < -0.39 is 0 Å². The van der Waals surface area contributed by atoms with Gasteiger partial charge in [-0.05, 0) is 23.8 Å². The molecule has 0 aliphatic carbocycles. The van der Waals surface area contributed by atoms with Gasteiger partial charge in [-0.25, -0.2) is 0 Å². The van der Waals surface area contributed by atoms with Crippen molar-refractivity contribution in [1.82, 2.24) is 20.1 Å². The van der Waals surface area contributed by atoms with Gasteiger partial charge in [-0.2, -0.15) is 5.10 Å². The fourth-order valence-corrected chi connectivity index (χ4v) is 3.07. The molecular formula is C20H18N4O. The molecular weight excluding hydrogens is 312 g/mol. The highest BCUT2D eigenvalue weighted by molar-refractivity contribution is 5.92. The minimum atomic E-state index is 0.0164. The van der Waals surface area contributed by atoms with E-state index in [1.807, 2.05) is 53.4 Å². The Balaban J connectivity index is 1.54. The van der Waals surface area contributed by atoms with E-state index in [0.29, 0.717) is 13.1 Å². The van der Waals surface area contributed by atoms with Gasteiger partial charge in [-0.1, -0.05) is 30.3 Å². The first-order valence-electron chi connectivity index (χ1n) is 8.30. The molecule has 1 aliphatic heterocycles. The van der Waals surface area contributed by atoms with Crippen LogP contribution < -0.4 is 0 Å². The van der Waals surface area contributed by atoms with Crippen LogP contribution in [-0.4, -0.2) is 32.5 Å². The smallest absolute Gasteiger partial charge is 0.246 e. The second-order valence-electron chi connectivity index (χ2n) is 6.02. The highest BCUT2D eigenvalue weighted by Crippen LogP contribution is 2.28. The minimum Gasteiger partial charge on any atom is -0.334 e. The number of nitrogens with zero attached hydrogens (tertiary/aromatic N) is 3. The molecule has 0 saturated heterocycles. The van der Waals surface area contributed by atoms with Crippen LogP contribution in [-0.2, 0) is 17.8 Å². The number of hydrogen-bond donors (Lipinski definition) is 1. The van der Waals surface area contributed by atoms with Gasteiger partial charge in [-0.15, -0.1) is 0 Å². The Hall–Kier alpha value is -3.21. The summed E-state index contributed by atoms with van der Waals surface area (Å²) in [6.45, 7) is 1.28. The standard InChI is InChI=1S/C20H18N4O/c25-19(7-6-15-8-11-21-12-9-15)24-13-10-18-17(14-24)20(23-22-18)16-4-2-1-3-5-16/h1-9,11-12H,10,13-14H2,(H,22,23)/b7-6+. The first-order valence-corrected chi connectivity index (χ1v) is 8.30. The number of fused-ring (bicyclic) bond motifs is 1. The van der Waals surface area contributed by atoms with Crippen molar-refractivity contribution in [3.8, 4) is 11.3 Å². The number of aromatic amines is 1. The normalized spacial score (nSPS) is 13.8. The minimum absolute atomic E-state index is 0.0164. The highest BCUT2D eigenvalue weighted by Gasteiger charge is 2.24. The third-order valence-electron chi connectivity index (χ3n) is 4.42. The summed E-state index contributed by atoms with van der Waals surface area (Å²) in [5, 5.41) is 7.60. The van der Waals surface area contributed by atoms with Crippen molar-refractivity contribution in [2.45, 2.75) is 13.0 Å². The molecule has 5 nitrogen and oxygen atoms in total. The SMILES string of the molecule is O=C(/C=C/c1ccncc1)N1CCc2[nH]nc(-c3ccccc3)c2C1. The maximum absolute atomic E-state index is 12.5. The zero-order valence-electron chi connectivity index (χ0n) is 13.7. The van der Waals surface area contributed by atoms with Gasteiger partial charge in [0, 0.05) is 54.8 Å². The van der Waals surface area contributed by atoms with Crippen molar-refractivity contribution in [2.24, 2.45) is 0 Å². The Morgan fingerprint density at radius 1 is 1.12 bits per heavy atom. The number of carbonyl (C=O) groups excluding carboxylic acids is 1. The zero-order chi connectivity index (χ0) is 17.1. The van der Waals surface area contributed by atoms with Gasteiger partial charge in [0.2, 0.25) is 5.91 Å². The maximum atomic E-state index is 12.5. The van der Waals surface area contributed by atoms with Gasteiger partial charge < -0.3 is 4.90 Å². The maximum Gasteiger partial charge on any atom is 0.246 e. The summed E-state index contributed by atoms with van der Waals surface area (Å²) in [4.78, 5) is 18.4. The molecule has 0 fully saturated rings. The Kier molecular flexibility index (Phi) is 4.12. The van der Waals surface area contributed by atoms with Crippen LogP contribution in [0.1, 0.15) is 16.8 Å². The highest BCUT2D eigenvalue weighted by atomic mass is 16.2. The number of carbonyl (C=O) groups is 1. The summed E-state index contributed by atoms with van der Waals surface area (Å²) >= 11 is 0. The summed E-state index contributed by atoms with van der Waals surface area (Å²) in [7, 11) is 0. The second-order valence-corrected chi connectivity index (χ2v) is 6.02. The van der Waals surface area contributed by atoms with E-state index in [0.717, 1.165) is 34.5 Å². The van der Waals surface area contributed by atoms with Crippen molar-refractivity contribution >= 4 is 12.0 Å². The molecule has 5 heteroatoms. The van der Waals surface area contributed by atoms with Crippen LogP contribution in [0.3, 0.4) is 0 Å². The molecule has 0 saturated carbocycles. The van der Waals surface area contributed by atoms with Crippen molar-refractivity contribution < 1.29 is 4.79 Å². The fraction of sp³-hybridized carbons (Fsp3) is 0.150. The number of rotatable bonds is 3. The first-order chi connectivity index (χ1) is 12.3. The number of aromatic nitrogens is 3. The fourth-order valence-electron chi connectivity index (χ4n) is 3.07. The number of H-pyrrole nitrogens is 1. The molecule has 124 valence electrons. The van der Waals surface area contributed by atoms with Crippen LogP contribution in [0.4, 0.5) is 0 Å². The third kappa shape index (κ3) is 3.21. The molecule has 0 atom stereocenters. The topological polar surface area (TPSA) is 61.9 Å². The molecule has 1 aromatic carbocycles. The summed E-state index contributed by atoms with van der Waals surface area (Å²) in [5.74, 6) is 0.0164. The Labute approximate surface area is 146 Å². The lowest BCUT2D eigenvalue weighted by Gasteiger charge is -2.26. The van der Waals surface area contributed by atoms with Gasteiger partial charge in [0.25, 0.3) is 0 Å². The predicted molar refractivity (Wildman–Crippen MR) is 96.4 cm³/mol. The molecule has 0 spiro atoms.